The number of amides is 1. The van der Waals surface area contributed by atoms with Crippen molar-refractivity contribution in [3.05, 3.63) is 10.6 Å². The maximum absolute atomic E-state index is 10.9. The highest BCUT2D eigenvalue weighted by molar-refractivity contribution is 7.15. The molecule has 0 spiro atoms. The van der Waals surface area contributed by atoms with Gasteiger partial charge in [-0.3, -0.25) is 10.1 Å². The number of carbonyl (C=O) groups excluding carboxylic acids is 1. The Morgan fingerprint density at radius 1 is 1.71 bits per heavy atom. The maximum atomic E-state index is 10.9. The van der Waals surface area contributed by atoms with Gasteiger partial charge in [-0.05, 0) is 5.92 Å². The summed E-state index contributed by atoms with van der Waals surface area (Å²) in [6.07, 6.45) is 5.86. The standard InChI is InChI=1S/C9H9N3OS/c1-2-8(13)12-9-11-6-3-4-10-5-7(6)14-9/h1,10H,3-5H2,(H,11,12,13). The number of hydrogen-bond acceptors (Lipinski definition) is 4. The molecule has 4 nitrogen and oxygen atoms in total. The highest BCUT2D eigenvalue weighted by Crippen LogP contribution is 2.24. The van der Waals surface area contributed by atoms with Crippen LogP contribution in [0.1, 0.15) is 10.6 Å². The molecule has 2 rings (SSSR count). The van der Waals surface area contributed by atoms with Crippen LogP contribution in [-0.4, -0.2) is 17.4 Å². The van der Waals surface area contributed by atoms with Crippen molar-refractivity contribution in [3.63, 3.8) is 0 Å². The molecule has 0 aromatic carbocycles. The third-order valence-corrected chi connectivity index (χ3v) is 2.97. The monoisotopic (exact) mass is 207 g/mol. The molecule has 0 fully saturated rings. The van der Waals surface area contributed by atoms with Crippen LogP contribution in [0.4, 0.5) is 5.13 Å². The van der Waals surface area contributed by atoms with Gasteiger partial charge in [0.2, 0.25) is 0 Å². The molecular weight excluding hydrogens is 198 g/mol. The Kier molecular flexibility index (Phi) is 2.48. The molecule has 0 bridgehead atoms. The second-order valence-corrected chi connectivity index (χ2v) is 4.00. The number of terminal acetylenes is 1. The average Bonchev–Trinajstić information content (AvgIpc) is 2.59. The minimum atomic E-state index is -0.441. The van der Waals surface area contributed by atoms with Gasteiger partial charge in [-0.2, -0.15) is 0 Å². The smallest absolute Gasteiger partial charge is 0.301 e. The van der Waals surface area contributed by atoms with Gasteiger partial charge in [0.25, 0.3) is 0 Å². The highest BCUT2D eigenvalue weighted by Gasteiger charge is 2.15. The Balaban J connectivity index is 2.17. The summed E-state index contributed by atoms with van der Waals surface area (Å²) in [5.41, 5.74) is 1.07. The molecular formula is C9H9N3OS. The second kappa shape index (κ2) is 3.78. The van der Waals surface area contributed by atoms with Crippen LogP contribution in [0, 0.1) is 12.3 Å². The lowest BCUT2D eigenvalue weighted by Crippen LogP contribution is -2.22. The molecule has 1 amide bonds. The number of aromatic nitrogens is 1. The number of nitrogens with zero attached hydrogens (tertiary/aromatic N) is 1. The summed E-state index contributed by atoms with van der Waals surface area (Å²) in [6.45, 7) is 1.78. The van der Waals surface area contributed by atoms with E-state index in [1.807, 2.05) is 5.92 Å². The summed E-state index contributed by atoms with van der Waals surface area (Å²) in [7, 11) is 0. The Hall–Kier alpha value is -1.38. The summed E-state index contributed by atoms with van der Waals surface area (Å²) in [5, 5.41) is 6.39. The normalized spacial score (nSPS) is 14.2. The summed E-state index contributed by atoms with van der Waals surface area (Å²) in [5.74, 6) is 1.55. The molecule has 1 aromatic heterocycles. The third-order valence-electron chi connectivity index (χ3n) is 1.95. The molecule has 0 unspecified atom stereocenters. The number of fused-ring (bicyclic) bond motifs is 1. The number of rotatable bonds is 1. The van der Waals surface area contributed by atoms with Gasteiger partial charge in [-0.1, -0.05) is 0 Å². The molecule has 1 aliphatic heterocycles. The number of hydrogen-bond donors (Lipinski definition) is 2. The van der Waals surface area contributed by atoms with E-state index in [0.717, 1.165) is 25.2 Å². The predicted octanol–water partition coefficient (Wildman–Crippen LogP) is 0.361. The summed E-state index contributed by atoms with van der Waals surface area (Å²) < 4.78 is 0. The van der Waals surface area contributed by atoms with Crippen LogP contribution < -0.4 is 10.6 Å². The molecule has 0 saturated heterocycles. The summed E-state index contributed by atoms with van der Waals surface area (Å²) >= 11 is 1.48. The number of thiazole rings is 1. The fourth-order valence-electron chi connectivity index (χ4n) is 1.31. The van der Waals surface area contributed by atoms with Crippen molar-refractivity contribution < 1.29 is 4.79 Å². The van der Waals surface area contributed by atoms with Crippen LogP contribution in [0.25, 0.3) is 0 Å². The molecule has 1 aromatic rings. The fourth-order valence-corrected chi connectivity index (χ4v) is 2.28. The Labute approximate surface area is 85.7 Å². The topological polar surface area (TPSA) is 54.0 Å². The molecule has 14 heavy (non-hydrogen) atoms. The van der Waals surface area contributed by atoms with Crippen LogP contribution in [-0.2, 0) is 17.8 Å². The summed E-state index contributed by atoms with van der Waals surface area (Å²) in [4.78, 5) is 16.4. The number of anilines is 1. The number of nitrogens with one attached hydrogen (secondary N) is 2. The van der Waals surface area contributed by atoms with Crippen molar-refractivity contribution in [2.45, 2.75) is 13.0 Å². The zero-order chi connectivity index (χ0) is 9.97. The van der Waals surface area contributed by atoms with E-state index in [1.54, 1.807) is 0 Å². The van der Waals surface area contributed by atoms with Crippen LogP contribution in [0.2, 0.25) is 0 Å². The van der Waals surface area contributed by atoms with Crippen molar-refractivity contribution in [2.24, 2.45) is 0 Å². The molecule has 1 aliphatic rings. The van der Waals surface area contributed by atoms with Crippen molar-refractivity contribution in [1.29, 1.82) is 0 Å². The van der Waals surface area contributed by atoms with Gasteiger partial charge in [0.1, 0.15) is 0 Å². The molecule has 72 valence electrons. The van der Waals surface area contributed by atoms with Crippen LogP contribution in [0.15, 0.2) is 0 Å². The van der Waals surface area contributed by atoms with Crippen molar-refractivity contribution in [1.82, 2.24) is 10.3 Å². The zero-order valence-electron chi connectivity index (χ0n) is 7.46. The van der Waals surface area contributed by atoms with Gasteiger partial charge in [0.15, 0.2) is 5.13 Å². The van der Waals surface area contributed by atoms with Crippen LogP contribution in [0.3, 0.4) is 0 Å². The first-order valence-electron chi connectivity index (χ1n) is 4.26. The maximum Gasteiger partial charge on any atom is 0.301 e. The third kappa shape index (κ3) is 1.76. The molecule has 5 heteroatoms. The van der Waals surface area contributed by atoms with Gasteiger partial charge in [-0.15, -0.1) is 17.8 Å². The van der Waals surface area contributed by atoms with E-state index in [2.05, 4.69) is 15.6 Å². The highest BCUT2D eigenvalue weighted by atomic mass is 32.1. The van der Waals surface area contributed by atoms with Gasteiger partial charge in [-0.25, -0.2) is 4.98 Å². The van der Waals surface area contributed by atoms with E-state index < -0.39 is 5.91 Å². The van der Waals surface area contributed by atoms with Crippen molar-refractivity contribution in [2.75, 3.05) is 11.9 Å². The Morgan fingerprint density at radius 3 is 3.29 bits per heavy atom. The molecule has 2 N–H and O–H groups in total. The van der Waals surface area contributed by atoms with E-state index in [9.17, 15) is 4.79 Å². The van der Waals surface area contributed by atoms with Gasteiger partial charge < -0.3 is 5.32 Å². The largest absolute Gasteiger partial charge is 0.311 e. The minimum absolute atomic E-state index is 0.441. The SMILES string of the molecule is C#CC(=O)Nc1nc2c(s1)CNCC2. The summed E-state index contributed by atoms with van der Waals surface area (Å²) in [6, 6.07) is 0. The zero-order valence-corrected chi connectivity index (χ0v) is 8.28. The fraction of sp³-hybridized carbons (Fsp3) is 0.333. The predicted molar refractivity (Wildman–Crippen MR) is 55.0 cm³/mol. The van der Waals surface area contributed by atoms with Crippen molar-refractivity contribution >= 4 is 22.4 Å². The first kappa shape index (κ1) is 9.19. The Morgan fingerprint density at radius 2 is 2.57 bits per heavy atom. The van der Waals surface area contributed by atoms with E-state index in [-0.39, 0.29) is 0 Å². The average molecular weight is 207 g/mol. The number of carbonyl (C=O) groups is 1. The van der Waals surface area contributed by atoms with Gasteiger partial charge in [0, 0.05) is 24.4 Å². The van der Waals surface area contributed by atoms with Crippen LogP contribution in [0.5, 0.6) is 0 Å². The molecule has 0 radical (unpaired) electrons. The first-order valence-corrected chi connectivity index (χ1v) is 5.08. The van der Waals surface area contributed by atoms with E-state index in [0.29, 0.717) is 5.13 Å². The molecule has 0 saturated carbocycles. The molecule has 2 heterocycles. The first-order chi connectivity index (χ1) is 6.79. The molecule has 0 atom stereocenters. The lowest BCUT2D eigenvalue weighted by Gasteiger charge is -2.09. The van der Waals surface area contributed by atoms with Crippen LogP contribution >= 0.6 is 11.3 Å². The molecule has 0 aliphatic carbocycles. The second-order valence-electron chi connectivity index (χ2n) is 2.91. The quantitative estimate of drug-likeness (QED) is 0.654. The van der Waals surface area contributed by atoms with E-state index >= 15 is 0 Å². The lowest BCUT2D eigenvalue weighted by atomic mass is 10.2. The minimum Gasteiger partial charge on any atom is -0.311 e. The lowest BCUT2D eigenvalue weighted by molar-refractivity contribution is -0.111. The van der Waals surface area contributed by atoms with E-state index in [4.69, 9.17) is 6.42 Å². The van der Waals surface area contributed by atoms with Crippen molar-refractivity contribution in [3.8, 4) is 12.3 Å². The Bertz CT molecular complexity index is 381. The van der Waals surface area contributed by atoms with E-state index in [1.165, 1.54) is 16.2 Å². The van der Waals surface area contributed by atoms with Gasteiger partial charge >= 0.3 is 5.91 Å². The van der Waals surface area contributed by atoms with Gasteiger partial charge in [0.05, 0.1) is 5.69 Å².